The van der Waals surface area contributed by atoms with Gasteiger partial charge in [0.05, 0.1) is 13.5 Å². The predicted octanol–water partition coefficient (Wildman–Crippen LogP) is 1.70. The molecule has 2 rings (SSSR count). The van der Waals surface area contributed by atoms with Crippen molar-refractivity contribution in [3.05, 3.63) is 29.8 Å². The number of carbonyl (C=O) groups excluding carboxylic acids is 1. The minimum atomic E-state index is 0.232. The van der Waals surface area contributed by atoms with Crippen molar-refractivity contribution in [2.24, 2.45) is 5.92 Å². The Morgan fingerprint density at radius 1 is 1.40 bits per heavy atom. The van der Waals surface area contributed by atoms with Gasteiger partial charge < -0.3 is 15.0 Å². The fraction of sp³-hybridized carbons (Fsp3) is 0.562. The van der Waals surface area contributed by atoms with Crippen LogP contribution in [-0.2, 0) is 11.2 Å². The largest absolute Gasteiger partial charge is 0.497 e. The van der Waals surface area contributed by atoms with Crippen molar-refractivity contribution >= 4 is 5.91 Å². The van der Waals surface area contributed by atoms with Gasteiger partial charge in [0.25, 0.3) is 0 Å². The van der Waals surface area contributed by atoms with E-state index < -0.39 is 0 Å². The number of rotatable bonds is 5. The van der Waals surface area contributed by atoms with Gasteiger partial charge in [0.15, 0.2) is 0 Å². The topological polar surface area (TPSA) is 41.6 Å². The quantitative estimate of drug-likeness (QED) is 0.890. The number of amides is 1. The van der Waals surface area contributed by atoms with E-state index in [1.807, 2.05) is 36.2 Å². The van der Waals surface area contributed by atoms with Crippen LogP contribution in [0.5, 0.6) is 5.75 Å². The Bertz CT molecular complexity index is 429. The Morgan fingerprint density at radius 2 is 2.15 bits per heavy atom. The summed E-state index contributed by atoms with van der Waals surface area (Å²) in [6.07, 6.45) is 2.81. The lowest BCUT2D eigenvalue weighted by atomic mass is 9.97. The van der Waals surface area contributed by atoms with Gasteiger partial charge >= 0.3 is 0 Å². The summed E-state index contributed by atoms with van der Waals surface area (Å²) in [6, 6.07) is 7.74. The summed E-state index contributed by atoms with van der Waals surface area (Å²) in [6.45, 7) is 2.78. The van der Waals surface area contributed by atoms with Gasteiger partial charge in [0.2, 0.25) is 5.91 Å². The van der Waals surface area contributed by atoms with Gasteiger partial charge in [-0.25, -0.2) is 0 Å². The van der Waals surface area contributed by atoms with Crippen molar-refractivity contribution < 1.29 is 9.53 Å². The van der Waals surface area contributed by atoms with Gasteiger partial charge in [-0.1, -0.05) is 12.1 Å². The number of hydrogen-bond acceptors (Lipinski definition) is 3. The lowest BCUT2D eigenvalue weighted by Crippen LogP contribution is -2.43. The Balaban J connectivity index is 1.89. The molecule has 20 heavy (non-hydrogen) atoms. The van der Waals surface area contributed by atoms with E-state index in [-0.39, 0.29) is 5.91 Å². The molecule has 0 bridgehead atoms. The summed E-state index contributed by atoms with van der Waals surface area (Å²) in [5.74, 6) is 1.65. The van der Waals surface area contributed by atoms with Crippen molar-refractivity contribution in [1.82, 2.24) is 10.2 Å². The normalized spacial score (nSPS) is 18.9. The minimum absolute atomic E-state index is 0.232. The maximum absolute atomic E-state index is 12.3. The summed E-state index contributed by atoms with van der Waals surface area (Å²) in [4.78, 5) is 14.4. The highest BCUT2D eigenvalue weighted by molar-refractivity contribution is 5.78. The number of carbonyl (C=O) groups is 1. The second kappa shape index (κ2) is 7.29. The monoisotopic (exact) mass is 276 g/mol. The predicted molar refractivity (Wildman–Crippen MR) is 79.9 cm³/mol. The number of likely N-dealkylation sites (tertiary alicyclic amines) is 1. The lowest BCUT2D eigenvalue weighted by molar-refractivity contribution is -0.132. The second-order valence-electron chi connectivity index (χ2n) is 5.43. The van der Waals surface area contributed by atoms with Crippen LogP contribution in [0.2, 0.25) is 0 Å². The molecule has 1 atom stereocenters. The van der Waals surface area contributed by atoms with Crippen LogP contribution < -0.4 is 10.1 Å². The molecular weight excluding hydrogens is 252 g/mol. The first-order chi connectivity index (χ1) is 9.72. The Morgan fingerprint density at radius 3 is 2.80 bits per heavy atom. The van der Waals surface area contributed by atoms with E-state index in [0.29, 0.717) is 12.3 Å². The van der Waals surface area contributed by atoms with Crippen LogP contribution in [0.4, 0.5) is 0 Å². The summed E-state index contributed by atoms with van der Waals surface area (Å²) in [5, 5.41) is 3.21. The van der Waals surface area contributed by atoms with Gasteiger partial charge in [-0.3, -0.25) is 4.79 Å². The number of methoxy groups -OCH3 is 1. The van der Waals surface area contributed by atoms with Crippen molar-refractivity contribution in [2.75, 3.05) is 33.8 Å². The average Bonchev–Trinajstić information content (AvgIpc) is 2.48. The van der Waals surface area contributed by atoms with Crippen molar-refractivity contribution in [2.45, 2.75) is 19.3 Å². The molecule has 0 saturated carbocycles. The zero-order chi connectivity index (χ0) is 14.4. The highest BCUT2D eigenvalue weighted by Crippen LogP contribution is 2.18. The fourth-order valence-corrected chi connectivity index (χ4v) is 2.78. The highest BCUT2D eigenvalue weighted by atomic mass is 16.5. The molecule has 1 unspecified atom stereocenters. The maximum atomic E-state index is 12.3. The van der Waals surface area contributed by atoms with E-state index in [1.165, 1.54) is 6.42 Å². The fourth-order valence-electron chi connectivity index (χ4n) is 2.78. The Kier molecular flexibility index (Phi) is 5.41. The first-order valence-corrected chi connectivity index (χ1v) is 7.28. The van der Waals surface area contributed by atoms with Gasteiger partial charge in [-0.05, 0) is 50.0 Å². The van der Waals surface area contributed by atoms with E-state index in [0.717, 1.165) is 37.4 Å². The summed E-state index contributed by atoms with van der Waals surface area (Å²) in [5.41, 5.74) is 1.05. The SMILES string of the molecule is CNCC1CCCN(C(=O)Cc2ccc(OC)cc2)C1. The van der Waals surface area contributed by atoms with Crippen LogP contribution in [-0.4, -0.2) is 44.6 Å². The van der Waals surface area contributed by atoms with Gasteiger partial charge in [-0.2, -0.15) is 0 Å². The third-order valence-corrected chi connectivity index (χ3v) is 3.88. The van der Waals surface area contributed by atoms with Crippen LogP contribution in [0.15, 0.2) is 24.3 Å². The number of hydrogen-bond donors (Lipinski definition) is 1. The third-order valence-electron chi connectivity index (χ3n) is 3.88. The number of nitrogens with one attached hydrogen (secondary N) is 1. The molecule has 110 valence electrons. The molecule has 1 aromatic rings. The maximum Gasteiger partial charge on any atom is 0.226 e. The Labute approximate surface area is 121 Å². The molecule has 0 radical (unpaired) electrons. The van der Waals surface area contributed by atoms with Crippen LogP contribution >= 0.6 is 0 Å². The molecule has 1 heterocycles. The van der Waals surface area contributed by atoms with Crippen LogP contribution in [0.1, 0.15) is 18.4 Å². The Hall–Kier alpha value is -1.55. The average molecular weight is 276 g/mol. The number of benzene rings is 1. The molecule has 1 aliphatic heterocycles. The molecule has 0 spiro atoms. The molecular formula is C16H24N2O2. The molecule has 4 nitrogen and oxygen atoms in total. The number of nitrogens with zero attached hydrogens (tertiary/aromatic N) is 1. The first kappa shape index (κ1) is 14.9. The summed E-state index contributed by atoms with van der Waals surface area (Å²) < 4.78 is 5.13. The highest BCUT2D eigenvalue weighted by Gasteiger charge is 2.23. The van der Waals surface area contributed by atoms with Gasteiger partial charge in [0.1, 0.15) is 5.75 Å². The summed E-state index contributed by atoms with van der Waals surface area (Å²) >= 11 is 0. The zero-order valence-corrected chi connectivity index (χ0v) is 12.4. The molecule has 1 aliphatic rings. The molecule has 1 aromatic carbocycles. The smallest absolute Gasteiger partial charge is 0.226 e. The van der Waals surface area contributed by atoms with Crippen LogP contribution in [0, 0.1) is 5.92 Å². The standard InChI is InChI=1S/C16H24N2O2/c1-17-11-14-4-3-9-18(12-14)16(19)10-13-5-7-15(20-2)8-6-13/h5-8,14,17H,3-4,9-12H2,1-2H3. The van der Waals surface area contributed by atoms with Crippen molar-refractivity contribution in [1.29, 1.82) is 0 Å². The molecule has 4 heteroatoms. The molecule has 0 aromatic heterocycles. The van der Waals surface area contributed by atoms with Crippen LogP contribution in [0.25, 0.3) is 0 Å². The molecule has 1 fully saturated rings. The van der Waals surface area contributed by atoms with E-state index >= 15 is 0 Å². The number of ether oxygens (including phenoxy) is 1. The van der Waals surface area contributed by atoms with E-state index in [9.17, 15) is 4.79 Å². The van der Waals surface area contributed by atoms with E-state index in [2.05, 4.69) is 5.32 Å². The van der Waals surface area contributed by atoms with Crippen molar-refractivity contribution in [3.63, 3.8) is 0 Å². The van der Waals surface area contributed by atoms with Gasteiger partial charge in [-0.15, -0.1) is 0 Å². The van der Waals surface area contributed by atoms with Gasteiger partial charge in [0, 0.05) is 13.1 Å². The molecule has 0 aliphatic carbocycles. The molecule has 1 saturated heterocycles. The number of piperidine rings is 1. The molecule has 1 amide bonds. The zero-order valence-electron chi connectivity index (χ0n) is 12.4. The second-order valence-corrected chi connectivity index (χ2v) is 5.43. The van der Waals surface area contributed by atoms with E-state index in [1.54, 1.807) is 7.11 Å². The first-order valence-electron chi connectivity index (χ1n) is 7.28. The van der Waals surface area contributed by atoms with Crippen LogP contribution in [0.3, 0.4) is 0 Å². The lowest BCUT2D eigenvalue weighted by Gasteiger charge is -2.32. The van der Waals surface area contributed by atoms with E-state index in [4.69, 9.17) is 4.74 Å². The summed E-state index contributed by atoms with van der Waals surface area (Å²) in [7, 11) is 3.62. The minimum Gasteiger partial charge on any atom is -0.497 e. The molecule has 1 N–H and O–H groups in total. The third kappa shape index (κ3) is 3.97. The van der Waals surface area contributed by atoms with Crippen molar-refractivity contribution in [3.8, 4) is 5.75 Å².